The van der Waals surface area contributed by atoms with Gasteiger partial charge in [0.15, 0.2) is 0 Å². The number of nitrogens with one attached hydrogen (secondary N) is 1. The molecule has 1 atom stereocenters. The largest absolute Gasteiger partial charge is 0.306 e. The molecule has 4 nitrogen and oxygen atoms in total. The number of aryl methyl sites for hydroxylation is 1. The number of hydrogen-bond donors (Lipinski definition) is 1. The van der Waals surface area contributed by atoms with Gasteiger partial charge in [-0.05, 0) is 18.2 Å². The van der Waals surface area contributed by atoms with Gasteiger partial charge in [-0.15, -0.1) is 0 Å². The molecule has 1 N–H and O–H groups in total. The first-order valence-electron chi connectivity index (χ1n) is 5.53. The zero-order valence-electron chi connectivity index (χ0n) is 9.89. The van der Waals surface area contributed by atoms with Gasteiger partial charge in [-0.25, -0.2) is 4.39 Å². The summed E-state index contributed by atoms with van der Waals surface area (Å²) in [5.41, 5.74) is 1.81. The highest BCUT2D eigenvalue weighted by Gasteiger charge is 2.15. The number of hydrogen-bond acceptors (Lipinski definition) is 3. The molecule has 2 aromatic heterocycles. The van der Waals surface area contributed by atoms with Crippen molar-refractivity contribution in [2.24, 2.45) is 7.05 Å². The van der Waals surface area contributed by atoms with Gasteiger partial charge < -0.3 is 5.32 Å². The van der Waals surface area contributed by atoms with Gasteiger partial charge in [0.2, 0.25) is 0 Å². The molecule has 0 bridgehead atoms. The van der Waals surface area contributed by atoms with E-state index in [1.54, 1.807) is 17.1 Å². The molecule has 0 saturated heterocycles. The lowest BCUT2D eigenvalue weighted by atomic mass is 10.0. The molecule has 2 rings (SSSR count). The summed E-state index contributed by atoms with van der Waals surface area (Å²) in [6, 6.07) is 1.42. The molecule has 1 unspecified atom stereocenters. The molecule has 0 radical (unpaired) electrons. The fourth-order valence-electron chi connectivity index (χ4n) is 1.81. The van der Waals surface area contributed by atoms with Crippen molar-refractivity contribution in [3.8, 4) is 0 Å². The molecule has 0 spiro atoms. The zero-order chi connectivity index (χ0) is 12.3. The molecule has 0 fully saturated rings. The number of rotatable bonds is 4. The first kappa shape index (κ1) is 11.7. The smallest absolute Gasteiger partial charge is 0.141 e. The van der Waals surface area contributed by atoms with Gasteiger partial charge in [-0.3, -0.25) is 9.67 Å². The predicted molar refractivity (Wildman–Crippen MR) is 62.9 cm³/mol. The third-order valence-electron chi connectivity index (χ3n) is 2.53. The van der Waals surface area contributed by atoms with Crippen LogP contribution in [0.1, 0.15) is 24.1 Å². The van der Waals surface area contributed by atoms with Crippen LogP contribution in [0.2, 0.25) is 0 Å². The maximum absolute atomic E-state index is 13.2. The average Bonchev–Trinajstić information content (AvgIpc) is 2.72. The molecule has 2 aromatic rings. The minimum absolute atomic E-state index is 0.0723. The van der Waals surface area contributed by atoms with E-state index in [2.05, 4.69) is 15.4 Å². The number of aromatic nitrogens is 3. The summed E-state index contributed by atoms with van der Waals surface area (Å²) in [6.07, 6.45) is 6.57. The van der Waals surface area contributed by atoms with E-state index in [-0.39, 0.29) is 11.9 Å². The maximum Gasteiger partial charge on any atom is 0.141 e. The molecule has 5 heteroatoms. The van der Waals surface area contributed by atoms with E-state index >= 15 is 0 Å². The Labute approximate surface area is 99.5 Å². The van der Waals surface area contributed by atoms with Gasteiger partial charge in [0.25, 0.3) is 0 Å². The predicted octanol–water partition coefficient (Wildman–Crippen LogP) is 1.65. The van der Waals surface area contributed by atoms with Gasteiger partial charge in [-0.1, -0.05) is 6.92 Å². The van der Waals surface area contributed by atoms with Crippen LogP contribution in [0.15, 0.2) is 30.9 Å². The van der Waals surface area contributed by atoms with Gasteiger partial charge in [0.05, 0.1) is 18.4 Å². The van der Waals surface area contributed by atoms with E-state index in [4.69, 9.17) is 0 Å². The standard InChI is InChI=1S/C12H15FN4/c1-3-15-12(10-6-16-17(2)8-10)9-4-11(13)7-14-5-9/h4-8,12,15H,3H2,1-2H3. The van der Waals surface area contributed by atoms with E-state index in [0.29, 0.717) is 0 Å². The van der Waals surface area contributed by atoms with E-state index < -0.39 is 0 Å². The first-order chi connectivity index (χ1) is 8.20. The van der Waals surface area contributed by atoms with Crippen LogP contribution in [0, 0.1) is 5.82 Å². The van der Waals surface area contributed by atoms with Crippen molar-refractivity contribution in [3.05, 3.63) is 47.8 Å². The molecule has 2 heterocycles. The van der Waals surface area contributed by atoms with Crippen LogP contribution in [-0.2, 0) is 7.05 Å². The van der Waals surface area contributed by atoms with Crippen molar-refractivity contribution < 1.29 is 4.39 Å². The second kappa shape index (κ2) is 5.05. The highest BCUT2D eigenvalue weighted by Crippen LogP contribution is 2.21. The molecular weight excluding hydrogens is 219 g/mol. The van der Waals surface area contributed by atoms with Gasteiger partial charge in [0.1, 0.15) is 5.82 Å². The van der Waals surface area contributed by atoms with Crippen LogP contribution < -0.4 is 5.32 Å². The number of nitrogens with zero attached hydrogens (tertiary/aromatic N) is 3. The lowest BCUT2D eigenvalue weighted by Gasteiger charge is -2.16. The van der Waals surface area contributed by atoms with Crippen molar-refractivity contribution in [3.63, 3.8) is 0 Å². The van der Waals surface area contributed by atoms with Crippen LogP contribution >= 0.6 is 0 Å². The molecule has 17 heavy (non-hydrogen) atoms. The van der Waals surface area contributed by atoms with Crippen molar-refractivity contribution >= 4 is 0 Å². The normalized spacial score (nSPS) is 12.6. The third-order valence-corrected chi connectivity index (χ3v) is 2.53. The molecule has 0 aromatic carbocycles. The second-order valence-corrected chi connectivity index (χ2v) is 3.87. The van der Waals surface area contributed by atoms with Gasteiger partial charge in [-0.2, -0.15) is 5.10 Å². The van der Waals surface area contributed by atoms with Crippen LogP contribution in [0.3, 0.4) is 0 Å². The maximum atomic E-state index is 13.2. The average molecular weight is 234 g/mol. The molecule has 0 amide bonds. The highest BCUT2D eigenvalue weighted by molar-refractivity contribution is 5.27. The summed E-state index contributed by atoms with van der Waals surface area (Å²) in [5.74, 6) is -0.325. The van der Waals surface area contributed by atoms with Gasteiger partial charge >= 0.3 is 0 Å². The summed E-state index contributed by atoms with van der Waals surface area (Å²) >= 11 is 0. The fourth-order valence-corrected chi connectivity index (χ4v) is 1.81. The Morgan fingerprint density at radius 1 is 1.35 bits per heavy atom. The Bertz CT molecular complexity index is 495. The summed E-state index contributed by atoms with van der Waals surface area (Å²) in [5, 5.41) is 7.43. The Morgan fingerprint density at radius 2 is 2.18 bits per heavy atom. The molecule has 0 aliphatic heterocycles. The Balaban J connectivity index is 2.35. The molecule has 0 aliphatic rings. The lowest BCUT2D eigenvalue weighted by molar-refractivity contribution is 0.595. The Morgan fingerprint density at radius 3 is 2.76 bits per heavy atom. The van der Waals surface area contributed by atoms with Gasteiger partial charge in [0, 0.05) is 25.0 Å². The zero-order valence-corrected chi connectivity index (χ0v) is 9.89. The van der Waals surface area contributed by atoms with Crippen LogP contribution in [0.5, 0.6) is 0 Å². The number of halogens is 1. The monoisotopic (exact) mass is 234 g/mol. The van der Waals surface area contributed by atoms with Crippen molar-refractivity contribution in [1.82, 2.24) is 20.1 Å². The highest BCUT2D eigenvalue weighted by atomic mass is 19.1. The summed E-state index contributed by atoms with van der Waals surface area (Å²) in [7, 11) is 1.86. The lowest BCUT2D eigenvalue weighted by Crippen LogP contribution is -2.21. The molecular formula is C12H15FN4. The number of pyridine rings is 1. The second-order valence-electron chi connectivity index (χ2n) is 3.87. The SMILES string of the molecule is CCNC(c1cncc(F)c1)c1cnn(C)c1. The van der Waals surface area contributed by atoms with E-state index in [1.165, 1.54) is 12.3 Å². The van der Waals surface area contributed by atoms with Crippen molar-refractivity contribution in [1.29, 1.82) is 0 Å². The topological polar surface area (TPSA) is 42.7 Å². The minimum Gasteiger partial charge on any atom is -0.306 e. The van der Waals surface area contributed by atoms with Crippen LogP contribution in [0.25, 0.3) is 0 Å². The molecule has 0 aliphatic carbocycles. The van der Waals surface area contributed by atoms with E-state index in [9.17, 15) is 4.39 Å². The summed E-state index contributed by atoms with van der Waals surface area (Å²) < 4.78 is 14.9. The van der Waals surface area contributed by atoms with Crippen LogP contribution in [0.4, 0.5) is 4.39 Å². The Kier molecular flexibility index (Phi) is 3.49. The summed E-state index contributed by atoms with van der Waals surface area (Å²) in [4.78, 5) is 3.88. The Hall–Kier alpha value is -1.75. The van der Waals surface area contributed by atoms with E-state index in [0.717, 1.165) is 17.7 Å². The summed E-state index contributed by atoms with van der Waals surface area (Å²) in [6.45, 7) is 2.80. The third kappa shape index (κ3) is 2.68. The van der Waals surface area contributed by atoms with Crippen molar-refractivity contribution in [2.75, 3.05) is 6.54 Å². The van der Waals surface area contributed by atoms with Crippen LogP contribution in [-0.4, -0.2) is 21.3 Å². The molecule has 0 saturated carbocycles. The molecule has 90 valence electrons. The fraction of sp³-hybridized carbons (Fsp3) is 0.333. The van der Waals surface area contributed by atoms with E-state index in [1.807, 2.05) is 20.2 Å². The minimum atomic E-state index is -0.325. The first-order valence-corrected chi connectivity index (χ1v) is 5.53. The quantitative estimate of drug-likeness (QED) is 0.874. The van der Waals surface area contributed by atoms with Crippen molar-refractivity contribution in [2.45, 2.75) is 13.0 Å².